The molecular weight excluding hydrogens is 364 g/mol. The van der Waals surface area contributed by atoms with Crippen molar-refractivity contribution in [3.05, 3.63) is 34.3 Å². The van der Waals surface area contributed by atoms with Crippen LogP contribution < -0.4 is 11.1 Å². The standard InChI is InChI=1S/C17H23BrN2O.ClH/c18-14-6-2-5-13(11-14)17(8-3-9-17)20-16(21)10-12-4-1-7-15(12)19;/h2,5-6,11-12,15H,1,3-4,7-10,19H2,(H,20,21);1H/t12-,15+;/m0./s1. The summed E-state index contributed by atoms with van der Waals surface area (Å²) in [5, 5.41) is 3.31. The second-order valence-corrected chi connectivity index (χ2v) is 7.47. The van der Waals surface area contributed by atoms with Crippen molar-refractivity contribution in [2.24, 2.45) is 11.7 Å². The highest BCUT2D eigenvalue weighted by Crippen LogP contribution is 2.42. The number of rotatable bonds is 4. The molecule has 2 saturated carbocycles. The van der Waals surface area contributed by atoms with Gasteiger partial charge in [0.1, 0.15) is 0 Å². The zero-order valence-corrected chi connectivity index (χ0v) is 15.1. The Bertz CT molecular complexity index is 533. The van der Waals surface area contributed by atoms with Gasteiger partial charge in [-0.15, -0.1) is 12.4 Å². The molecule has 0 heterocycles. The minimum atomic E-state index is -0.149. The Balaban J connectivity index is 0.00000176. The van der Waals surface area contributed by atoms with Crippen LogP contribution in [0.25, 0.3) is 0 Å². The number of benzene rings is 1. The van der Waals surface area contributed by atoms with Crippen molar-refractivity contribution in [2.75, 3.05) is 0 Å². The first-order valence-corrected chi connectivity index (χ1v) is 8.71. The molecule has 122 valence electrons. The maximum absolute atomic E-state index is 12.4. The lowest BCUT2D eigenvalue weighted by atomic mass is 9.71. The number of amides is 1. The molecule has 22 heavy (non-hydrogen) atoms. The first-order chi connectivity index (χ1) is 10.1. The maximum Gasteiger partial charge on any atom is 0.221 e. The normalized spacial score (nSPS) is 25.9. The molecule has 0 radical (unpaired) electrons. The van der Waals surface area contributed by atoms with E-state index in [9.17, 15) is 4.79 Å². The van der Waals surface area contributed by atoms with Gasteiger partial charge >= 0.3 is 0 Å². The minimum Gasteiger partial charge on any atom is -0.347 e. The van der Waals surface area contributed by atoms with Crippen LogP contribution in [-0.4, -0.2) is 11.9 Å². The molecule has 3 rings (SSSR count). The fourth-order valence-corrected chi connectivity index (χ4v) is 4.08. The van der Waals surface area contributed by atoms with Gasteiger partial charge in [-0.2, -0.15) is 0 Å². The third-order valence-corrected chi connectivity index (χ3v) is 5.62. The van der Waals surface area contributed by atoms with Gasteiger partial charge in [-0.25, -0.2) is 0 Å². The van der Waals surface area contributed by atoms with Gasteiger partial charge in [0.05, 0.1) is 5.54 Å². The zero-order valence-electron chi connectivity index (χ0n) is 12.7. The van der Waals surface area contributed by atoms with Crippen LogP contribution in [0.5, 0.6) is 0 Å². The highest BCUT2D eigenvalue weighted by atomic mass is 79.9. The summed E-state index contributed by atoms with van der Waals surface area (Å²) in [6.07, 6.45) is 7.15. The van der Waals surface area contributed by atoms with Crippen LogP contribution in [-0.2, 0) is 10.3 Å². The predicted octanol–water partition coefficient (Wildman–Crippen LogP) is 3.88. The number of nitrogens with two attached hydrogens (primary N) is 1. The van der Waals surface area contributed by atoms with Gasteiger partial charge in [-0.3, -0.25) is 4.79 Å². The van der Waals surface area contributed by atoms with Crippen molar-refractivity contribution in [3.63, 3.8) is 0 Å². The number of halogens is 2. The summed E-state index contributed by atoms with van der Waals surface area (Å²) in [5.74, 6) is 0.529. The molecular formula is C17H24BrClN2O. The lowest BCUT2D eigenvalue weighted by Crippen LogP contribution is -2.51. The van der Waals surface area contributed by atoms with Gasteiger partial charge in [0.15, 0.2) is 0 Å². The van der Waals surface area contributed by atoms with Gasteiger partial charge in [-0.05, 0) is 55.7 Å². The van der Waals surface area contributed by atoms with Crippen molar-refractivity contribution in [3.8, 4) is 0 Å². The second-order valence-electron chi connectivity index (χ2n) is 6.55. The maximum atomic E-state index is 12.4. The van der Waals surface area contributed by atoms with E-state index in [1.807, 2.05) is 12.1 Å². The van der Waals surface area contributed by atoms with Gasteiger partial charge in [0, 0.05) is 16.9 Å². The molecule has 2 atom stereocenters. The Hall–Kier alpha value is -0.580. The molecule has 2 fully saturated rings. The number of nitrogens with one attached hydrogen (secondary N) is 1. The Morgan fingerprint density at radius 1 is 1.32 bits per heavy atom. The van der Waals surface area contributed by atoms with Crippen molar-refractivity contribution in [1.29, 1.82) is 0 Å². The first kappa shape index (κ1) is 17.8. The lowest BCUT2D eigenvalue weighted by molar-refractivity contribution is -0.125. The average Bonchev–Trinajstić information content (AvgIpc) is 2.79. The first-order valence-electron chi connectivity index (χ1n) is 7.92. The summed E-state index contributed by atoms with van der Waals surface area (Å²) < 4.78 is 1.07. The second kappa shape index (κ2) is 7.33. The fraction of sp³-hybridized carbons (Fsp3) is 0.588. The van der Waals surface area contributed by atoms with Gasteiger partial charge in [0.2, 0.25) is 5.91 Å². The van der Waals surface area contributed by atoms with Gasteiger partial charge in [-0.1, -0.05) is 34.5 Å². The third kappa shape index (κ3) is 3.66. The molecule has 1 amide bonds. The van der Waals surface area contributed by atoms with E-state index >= 15 is 0 Å². The van der Waals surface area contributed by atoms with E-state index in [2.05, 4.69) is 33.4 Å². The third-order valence-electron chi connectivity index (χ3n) is 5.13. The molecule has 0 spiro atoms. The Morgan fingerprint density at radius 2 is 2.09 bits per heavy atom. The summed E-state index contributed by atoms with van der Waals surface area (Å²) in [4.78, 5) is 12.4. The predicted molar refractivity (Wildman–Crippen MR) is 95.0 cm³/mol. The topological polar surface area (TPSA) is 55.1 Å². The molecule has 1 aromatic carbocycles. The van der Waals surface area contributed by atoms with E-state index in [1.165, 1.54) is 12.0 Å². The van der Waals surface area contributed by atoms with Crippen LogP contribution in [0.4, 0.5) is 0 Å². The average molecular weight is 388 g/mol. The molecule has 0 saturated heterocycles. The van der Waals surface area contributed by atoms with Crippen LogP contribution in [0.1, 0.15) is 50.5 Å². The van der Waals surface area contributed by atoms with Gasteiger partial charge < -0.3 is 11.1 Å². The van der Waals surface area contributed by atoms with Crippen LogP contribution >= 0.6 is 28.3 Å². The van der Waals surface area contributed by atoms with E-state index in [1.54, 1.807) is 0 Å². The number of carbonyl (C=O) groups is 1. The largest absolute Gasteiger partial charge is 0.347 e. The van der Waals surface area contributed by atoms with Crippen molar-refractivity contribution in [2.45, 2.75) is 56.5 Å². The molecule has 3 nitrogen and oxygen atoms in total. The summed E-state index contributed by atoms with van der Waals surface area (Å²) in [5.41, 5.74) is 7.15. The van der Waals surface area contributed by atoms with Crippen LogP contribution in [0.3, 0.4) is 0 Å². The molecule has 0 aromatic heterocycles. The Morgan fingerprint density at radius 3 is 2.64 bits per heavy atom. The molecule has 1 aromatic rings. The van der Waals surface area contributed by atoms with E-state index in [4.69, 9.17) is 5.73 Å². The molecule has 5 heteroatoms. The summed E-state index contributed by atoms with van der Waals surface area (Å²) in [7, 11) is 0. The van der Waals surface area contributed by atoms with Gasteiger partial charge in [0.25, 0.3) is 0 Å². The zero-order chi connectivity index (χ0) is 14.9. The van der Waals surface area contributed by atoms with E-state index < -0.39 is 0 Å². The van der Waals surface area contributed by atoms with E-state index in [-0.39, 0.29) is 29.9 Å². The highest BCUT2D eigenvalue weighted by Gasteiger charge is 2.40. The monoisotopic (exact) mass is 386 g/mol. The van der Waals surface area contributed by atoms with Crippen molar-refractivity contribution in [1.82, 2.24) is 5.32 Å². The van der Waals surface area contributed by atoms with Crippen LogP contribution in [0, 0.1) is 5.92 Å². The Kier molecular flexibility index (Phi) is 5.92. The number of hydrogen-bond donors (Lipinski definition) is 2. The lowest BCUT2D eigenvalue weighted by Gasteiger charge is -2.43. The number of carbonyl (C=O) groups excluding carboxylic acids is 1. The van der Waals surface area contributed by atoms with Crippen LogP contribution in [0.2, 0.25) is 0 Å². The summed E-state index contributed by atoms with van der Waals surface area (Å²) >= 11 is 3.52. The SMILES string of the molecule is Cl.N[C@@H]1CCC[C@H]1CC(=O)NC1(c2cccc(Br)c2)CCC1. The van der Waals surface area contributed by atoms with Crippen molar-refractivity contribution < 1.29 is 4.79 Å². The highest BCUT2D eigenvalue weighted by molar-refractivity contribution is 9.10. The molecule has 0 unspecified atom stereocenters. The fourth-order valence-electron chi connectivity index (χ4n) is 3.68. The van der Waals surface area contributed by atoms with E-state index in [0.29, 0.717) is 12.3 Å². The number of hydrogen-bond acceptors (Lipinski definition) is 2. The van der Waals surface area contributed by atoms with Crippen LogP contribution in [0.15, 0.2) is 28.7 Å². The molecule has 0 aliphatic heterocycles. The molecule has 0 bridgehead atoms. The summed E-state index contributed by atoms with van der Waals surface area (Å²) in [6, 6.07) is 8.51. The molecule has 3 N–H and O–H groups in total. The van der Waals surface area contributed by atoms with Crippen molar-refractivity contribution >= 4 is 34.2 Å². The van der Waals surface area contributed by atoms with E-state index in [0.717, 1.165) is 36.6 Å². The minimum absolute atomic E-state index is 0. The Labute approximate surface area is 147 Å². The smallest absolute Gasteiger partial charge is 0.221 e. The summed E-state index contributed by atoms with van der Waals surface area (Å²) in [6.45, 7) is 0. The quantitative estimate of drug-likeness (QED) is 0.823. The molecule has 2 aliphatic rings. The molecule has 2 aliphatic carbocycles.